The molecule has 1 amide bonds. The second-order valence-electron chi connectivity index (χ2n) is 3.59. The Bertz CT molecular complexity index is 384. The van der Waals surface area contributed by atoms with Gasteiger partial charge in [0.15, 0.2) is 0 Å². The fourth-order valence-corrected chi connectivity index (χ4v) is 1.20. The Morgan fingerprint density at radius 3 is 2.75 bits per heavy atom. The lowest BCUT2D eigenvalue weighted by atomic mass is 10.1. The predicted octanol–water partition coefficient (Wildman–Crippen LogP) is 2.57. The molecule has 2 nitrogen and oxygen atoms in total. The van der Waals surface area contributed by atoms with E-state index < -0.39 is 17.5 Å². The Labute approximate surface area is 97.6 Å². The number of amides is 1. The minimum Gasteiger partial charge on any atom is -0.352 e. The Hall–Kier alpha value is -1.16. The van der Waals surface area contributed by atoms with Crippen LogP contribution in [0.25, 0.3) is 0 Å². The fraction of sp³-hybridized carbons (Fsp3) is 0.364. The molecule has 0 saturated heterocycles. The van der Waals surface area contributed by atoms with Crippen LogP contribution in [-0.2, 0) is 0 Å². The van der Waals surface area contributed by atoms with Gasteiger partial charge >= 0.3 is 0 Å². The summed E-state index contributed by atoms with van der Waals surface area (Å²) in [4.78, 5) is 11.5. The molecule has 88 valence electrons. The fourth-order valence-electron chi connectivity index (χ4n) is 1.09. The van der Waals surface area contributed by atoms with Crippen molar-refractivity contribution >= 4 is 17.5 Å². The van der Waals surface area contributed by atoms with Crippen LogP contribution < -0.4 is 5.32 Å². The average Bonchev–Trinajstić information content (AvgIpc) is 2.25. The van der Waals surface area contributed by atoms with Gasteiger partial charge in [0, 0.05) is 18.5 Å². The molecule has 1 rings (SSSR count). The van der Waals surface area contributed by atoms with E-state index in [0.717, 1.165) is 12.1 Å². The van der Waals surface area contributed by atoms with Crippen LogP contribution >= 0.6 is 11.6 Å². The molecular weight excluding hydrogens is 236 g/mol. The third kappa shape index (κ3) is 3.45. The van der Waals surface area contributed by atoms with Crippen molar-refractivity contribution in [1.29, 1.82) is 0 Å². The molecule has 0 fully saturated rings. The van der Waals surface area contributed by atoms with Gasteiger partial charge in [-0.1, -0.05) is 6.92 Å². The minimum absolute atomic E-state index is 0.106. The van der Waals surface area contributed by atoms with E-state index in [2.05, 4.69) is 5.32 Å². The molecule has 16 heavy (non-hydrogen) atoms. The molecule has 0 spiro atoms. The highest BCUT2D eigenvalue weighted by molar-refractivity contribution is 6.18. The molecule has 0 saturated carbocycles. The number of rotatable bonds is 4. The number of halogens is 3. The van der Waals surface area contributed by atoms with Crippen LogP contribution in [-0.4, -0.2) is 18.3 Å². The zero-order valence-electron chi connectivity index (χ0n) is 8.77. The van der Waals surface area contributed by atoms with E-state index in [9.17, 15) is 13.6 Å². The molecule has 0 aliphatic rings. The summed E-state index contributed by atoms with van der Waals surface area (Å²) in [7, 11) is 0. The van der Waals surface area contributed by atoms with Gasteiger partial charge in [-0.2, -0.15) is 0 Å². The molecule has 0 radical (unpaired) electrons. The van der Waals surface area contributed by atoms with E-state index in [4.69, 9.17) is 11.6 Å². The number of hydrogen-bond donors (Lipinski definition) is 1. The van der Waals surface area contributed by atoms with Crippen LogP contribution in [0.15, 0.2) is 18.2 Å². The van der Waals surface area contributed by atoms with E-state index in [0.29, 0.717) is 18.5 Å². The smallest absolute Gasteiger partial charge is 0.254 e. The number of benzene rings is 1. The highest BCUT2D eigenvalue weighted by atomic mass is 35.5. The summed E-state index contributed by atoms with van der Waals surface area (Å²) >= 11 is 5.56. The standard InChI is InChI=1S/C11H12ClF2NO/c1-7(5-12)6-15-11(16)9-3-2-8(13)4-10(9)14/h2-4,7H,5-6H2,1H3,(H,15,16). The zero-order valence-corrected chi connectivity index (χ0v) is 9.52. The van der Waals surface area contributed by atoms with Crippen molar-refractivity contribution in [3.05, 3.63) is 35.4 Å². The van der Waals surface area contributed by atoms with Crippen LogP contribution in [0.3, 0.4) is 0 Å². The minimum atomic E-state index is -0.865. The molecule has 0 aliphatic carbocycles. The maximum absolute atomic E-state index is 13.2. The molecule has 1 aromatic carbocycles. The predicted molar refractivity (Wildman–Crippen MR) is 58.6 cm³/mol. The molecule has 0 bridgehead atoms. The summed E-state index contributed by atoms with van der Waals surface area (Å²) in [5.74, 6) is -1.62. The molecule has 0 heterocycles. The van der Waals surface area contributed by atoms with Gasteiger partial charge < -0.3 is 5.32 Å². The van der Waals surface area contributed by atoms with Crippen LogP contribution in [0.5, 0.6) is 0 Å². The first-order valence-electron chi connectivity index (χ1n) is 4.83. The SMILES string of the molecule is CC(CCl)CNC(=O)c1ccc(F)cc1F. The van der Waals surface area contributed by atoms with Gasteiger partial charge in [-0.15, -0.1) is 11.6 Å². The van der Waals surface area contributed by atoms with Crippen molar-refractivity contribution in [2.75, 3.05) is 12.4 Å². The van der Waals surface area contributed by atoms with Crippen LogP contribution in [0.2, 0.25) is 0 Å². The van der Waals surface area contributed by atoms with Crippen molar-refractivity contribution in [2.45, 2.75) is 6.92 Å². The first-order valence-corrected chi connectivity index (χ1v) is 5.37. The van der Waals surface area contributed by atoms with Gasteiger partial charge in [0.1, 0.15) is 11.6 Å². The summed E-state index contributed by atoms with van der Waals surface area (Å²) in [6.45, 7) is 2.22. The molecule has 0 aliphatic heterocycles. The number of alkyl halides is 1. The molecule has 1 aromatic rings. The number of carbonyl (C=O) groups excluding carboxylic acids is 1. The van der Waals surface area contributed by atoms with Crippen molar-refractivity contribution < 1.29 is 13.6 Å². The van der Waals surface area contributed by atoms with Gasteiger partial charge in [-0.05, 0) is 18.1 Å². The third-order valence-electron chi connectivity index (χ3n) is 2.05. The molecule has 1 atom stereocenters. The van der Waals surface area contributed by atoms with Crippen LogP contribution in [0, 0.1) is 17.6 Å². The lowest BCUT2D eigenvalue weighted by molar-refractivity contribution is 0.0945. The number of carbonyl (C=O) groups is 1. The Balaban J connectivity index is 2.66. The van der Waals surface area contributed by atoms with Gasteiger partial charge in [-0.25, -0.2) is 8.78 Å². The largest absolute Gasteiger partial charge is 0.352 e. The van der Waals surface area contributed by atoms with E-state index in [1.165, 1.54) is 0 Å². The second kappa shape index (κ2) is 5.80. The Morgan fingerprint density at radius 1 is 1.50 bits per heavy atom. The average molecular weight is 248 g/mol. The Kier molecular flexibility index (Phi) is 4.68. The maximum Gasteiger partial charge on any atom is 0.254 e. The number of nitrogens with one attached hydrogen (secondary N) is 1. The molecule has 5 heteroatoms. The van der Waals surface area contributed by atoms with Gasteiger partial charge in [0.05, 0.1) is 5.56 Å². The van der Waals surface area contributed by atoms with Gasteiger partial charge in [0.25, 0.3) is 5.91 Å². The van der Waals surface area contributed by atoms with E-state index in [1.807, 2.05) is 6.92 Å². The normalized spacial score (nSPS) is 12.2. The monoisotopic (exact) mass is 247 g/mol. The summed E-state index contributed by atoms with van der Waals surface area (Å²) in [6.07, 6.45) is 0. The van der Waals surface area contributed by atoms with Crippen molar-refractivity contribution in [1.82, 2.24) is 5.32 Å². The van der Waals surface area contributed by atoms with Crippen molar-refractivity contribution in [3.63, 3.8) is 0 Å². The second-order valence-corrected chi connectivity index (χ2v) is 3.90. The van der Waals surface area contributed by atoms with Crippen LogP contribution in [0.4, 0.5) is 8.78 Å². The van der Waals surface area contributed by atoms with Crippen molar-refractivity contribution in [3.8, 4) is 0 Å². The number of hydrogen-bond acceptors (Lipinski definition) is 1. The van der Waals surface area contributed by atoms with E-state index in [1.54, 1.807) is 0 Å². The molecule has 1 unspecified atom stereocenters. The van der Waals surface area contributed by atoms with E-state index in [-0.39, 0.29) is 11.5 Å². The highest BCUT2D eigenvalue weighted by Gasteiger charge is 2.12. The lowest BCUT2D eigenvalue weighted by Gasteiger charge is -2.09. The third-order valence-corrected chi connectivity index (χ3v) is 2.58. The summed E-state index contributed by atoms with van der Waals surface area (Å²) in [5.41, 5.74) is -0.164. The molecular formula is C11H12ClF2NO. The molecule has 0 aromatic heterocycles. The van der Waals surface area contributed by atoms with E-state index >= 15 is 0 Å². The highest BCUT2D eigenvalue weighted by Crippen LogP contribution is 2.09. The first-order chi connectivity index (χ1) is 7.54. The zero-order chi connectivity index (χ0) is 12.1. The van der Waals surface area contributed by atoms with Gasteiger partial charge in [-0.3, -0.25) is 4.79 Å². The van der Waals surface area contributed by atoms with Gasteiger partial charge in [0.2, 0.25) is 0 Å². The maximum atomic E-state index is 13.2. The quantitative estimate of drug-likeness (QED) is 0.814. The lowest BCUT2D eigenvalue weighted by Crippen LogP contribution is -2.29. The van der Waals surface area contributed by atoms with Crippen LogP contribution in [0.1, 0.15) is 17.3 Å². The summed E-state index contributed by atoms with van der Waals surface area (Å²) < 4.78 is 25.8. The summed E-state index contributed by atoms with van der Waals surface area (Å²) in [5, 5.41) is 2.52. The van der Waals surface area contributed by atoms with Crippen molar-refractivity contribution in [2.24, 2.45) is 5.92 Å². The topological polar surface area (TPSA) is 29.1 Å². The summed E-state index contributed by atoms with van der Waals surface area (Å²) in [6, 6.07) is 2.84. The first kappa shape index (κ1) is 12.9. The Morgan fingerprint density at radius 2 is 2.19 bits per heavy atom. The molecule has 1 N–H and O–H groups in total.